The lowest BCUT2D eigenvalue weighted by molar-refractivity contribution is 0.250. The van der Waals surface area contributed by atoms with Crippen LogP contribution < -0.4 is 26.6 Å². The fourth-order valence-corrected chi connectivity index (χ4v) is 5.66. The Bertz CT molecular complexity index is 1240. The minimum absolute atomic E-state index is 0.364. The number of nitrogens with one attached hydrogen (secondary N) is 2. The summed E-state index contributed by atoms with van der Waals surface area (Å²) < 4.78 is 12.7. The van der Waals surface area contributed by atoms with Gasteiger partial charge in [0.1, 0.15) is 12.2 Å². The summed E-state index contributed by atoms with van der Waals surface area (Å²) in [5, 5.41) is 7.54. The van der Waals surface area contributed by atoms with Crippen LogP contribution in [0.25, 0.3) is 0 Å². The van der Waals surface area contributed by atoms with Gasteiger partial charge in [0.2, 0.25) is 5.95 Å². The summed E-state index contributed by atoms with van der Waals surface area (Å²) in [7, 11) is 1.79. The van der Waals surface area contributed by atoms with Crippen molar-refractivity contribution in [3.05, 3.63) is 53.7 Å². The van der Waals surface area contributed by atoms with E-state index in [1.807, 2.05) is 42.5 Å². The Labute approximate surface area is 212 Å². The molecule has 0 atom stereocenters. The van der Waals surface area contributed by atoms with E-state index in [0.717, 1.165) is 42.6 Å². The van der Waals surface area contributed by atoms with Crippen LogP contribution in [-0.2, 0) is 4.57 Å². The molecule has 35 heavy (non-hydrogen) atoms. The highest BCUT2D eigenvalue weighted by molar-refractivity contribution is 7.70. The molecule has 1 fully saturated rings. The molecule has 4 rings (SSSR count). The van der Waals surface area contributed by atoms with Crippen molar-refractivity contribution in [2.75, 3.05) is 61.8 Å². The summed E-state index contributed by atoms with van der Waals surface area (Å²) >= 11 is 6.36. The van der Waals surface area contributed by atoms with Gasteiger partial charge >= 0.3 is 0 Å². The third-order valence-electron chi connectivity index (χ3n) is 6.30. The molecule has 2 aromatic carbocycles. The number of rotatable bonds is 7. The highest BCUT2D eigenvalue weighted by Crippen LogP contribution is 2.38. The van der Waals surface area contributed by atoms with E-state index in [2.05, 4.69) is 44.5 Å². The Morgan fingerprint density at radius 2 is 1.83 bits per heavy atom. The van der Waals surface area contributed by atoms with Crippen LogP contribution in [0.3, 0.4) is 0 Å². The number of halogens is 1. The van der Waals surface area contributed by atoms with Gasteiger partial charge in [-0.05, 0) is 70.6 Å². The van der Waals surface area contributed by atoms with Gasteiger partial charge in [0.05, 0.1) is 23.3 Å². The number of piperidine rings is 1. The second-order valence-electron chi connectivity index (χ2n) is 9.46. The molecular formula is C25H33ClN7OP. The molecule has 0 radical (unpaired) electrons. The number of hydrogen-bond donors (Lipinski definition) is 3. The van der Waals surface area contributed by atoms with Crippen molar-refractivity contribution in [2.45, 2.75) is 18.9 Å². The average molecular weight is 514 g/mol. The van der Waals surface area contributed by atoms with Crippen molar-refractivity contribution < 1.29 is 4.57 Å². The molecule has 8 nitrogen and oxygen atoms in total. The number of benzene rings is 2. The largest absolute Gasteiger partial charge is 0.397 e. The first-order chi connectivity index (χ1) is 16.6. The molecule has 2 heterocycles. The van der Waals surface area contributed by atoms with Crippen molar-refractivity contribution in [1.29, 1.82) is 0 Å². The van der Waals surface area contributed by atoms with Crippen LogP contribution in [-0.4, -0.2) is 61.4 Å². The highest BCUT2D eigenvalue weighted by Gasteiger charge is 2.22. The van der Waals surface area contributed by atoms with Gasteiger partial charge in [-0.15, -0.1) is 0 Å². The predicted molar refractivity (Wildman–Crippen MR) is 149 cm³/mol. The average Bonchev–Trinajstić information content (AvgIpc) is 2.81. The number of aromatic nitrogens is 2. The smallest absolute Gasteiger partial charge is 0.229 e. The fourth-order valence-electron chi connectivity index (χ4n) is 4.36. The van der Waals surface area contributed by atoms with Gasteiger partial charge in [-0.25, -0.2) is 4.98 Å². The van der Waals surface area contributed by atoms with Crippen LogP contribution in [0.2, 0.25) is 5.02 Å². The quantitative estimate of drug-likeness (QED) is 0.300. The Morgan fingerprint density at radius 1 is 1.11 bits per heavy atom. The Hall–Kier alpha value is -2.80. The lowest BCUT2D eigenvalue weighted by Gasteiger charge is -2.37. The van der Waals surface area contributed by atoms with Crippen molar-refractivity contribution in [2.24, 2.45) is 0 Å². The Morgan fingerprint density at radius 3 is 2.49 bits per heavy atom. The second kappa shape index (κ2) is 10.4. The second-order valence-corrected chi connectivity index (χ2v) is 13.1. The molecule has 1 aliphatic rings. The lowest BCUT2D eigenvalue weighted by Crippen LogP contribution is -2.42. The fraction of sp³-hybridized carbons (Fsp3) is 0.360. The van der Waals surface area contributed by atoms with Gasteiger partial charge in [-0.3, -0.25) is 0 Å². The number of nitrogens with two attached hydrogens (primary N) is 1. The summed E-state index contributed by atoms with van der Waals surface area (Å²) in [6.45, 7) is 5.44. The topological polar surface area (TPSA) is 99.4 Å². The van der Waals surface area contributed by atoms with Gasteiger partial charge in [-0.2, -0.15) is 4.98 Å². The Kier molecular flexibility index (Phi) is 7.55. The van der Waals surface area contributed by atoms with Crippen molar-refractivity contribution in [1.82, 2.24) is 14.9 Å². The molecule has 0 aliphatic carbocycles. The summed E-state index contributed by atoms with van der Waals surface area (Å²) in [6, 6.07) is 14.0. The normalized spacial score (nSPS) is 14.9. The zero-order valence-electron chi connectivity index (χ0n) is 20.6. The molecule has 4 N–H and O–H groups in total. The van der Waals surface area contributed by atoms with Gasteiger partial charge in [0, 0.05) is 30.1 Å². The summed E-state index contributed by atoms with van der Waals surface area (Å²) in [6.07, 6.45) is 3.77. The molecule has 1 aromatic heterocycles. The predicted octanol–water partition coefficient (Wildman–Crippen LogP) is 4.98. The maximum atomic E-state index is 12.7. The van der Waals surface area contributed by atoms with Crippen LogP contribution in [0.5, 0.6) is 0 Å². The van der Waals surface area contributed by atoms with E-state index >= 15 is 0 Å². The molecule has 0 saturated carbocycles. The summed E-state index contributed by atoms with van der Waals surface area (Å²) in [5.74, 6) is 0.808. The van der Waals surface area contributed by atoms with E-state index in [-0.39, 0.29) is 0 Å². The van der Waals surface area contributed by atoms with Crippen LogP contribution >= 0.6 is 18.7 Å². The van der Waals surface area contributed by atoms with Gasteiger partial charge < -0.3 is 30.7 Å². The molecule has 10 heteroatoms. The maximum Gasteiger partial charge on any atom is 0.229 e. The van der Waals surface area contributed by atoms with Crippen LogP contribution in [0, 0.1) is 0 Å². The van der Waals surface area contributed by atoms with E-state index in [9.17, 15) is 4.57 Å². The molecular weight excluding hydrogens is 481 g/mol. The van der Waals surface area contributed by atoms with Gasteiger partial charge in [-0.1, -0.05) is 23.7 Å². The molecule has 186 valence electrons. The van der Waals surface area contributed by atoms with Gasteiger partial charge in [0.25, 0.3) is 0 Å². The molecule has 0 bridgehead atoms. The van der Waals surface area contributed by atoms with E-state index in [0.29, 0.717) is 34.2 Å². The first-order valence-electron chi connectivity index (χ1n) is 11.6. The molecule has 0 unspecified atom stereocenters. The van der Waals surface area contributed by atoms with E-state index in [1.54, 1.807) is 13.3 Å². The lowest BCUT2D eigenvalue weighted by atomic mass is 10.0. The first-order valence-corrected chi connectivity index (χ1v) is 14.6. The molecule has 1 aliphatic heterocycles. The van der Waals surface area contributed by atoms with Crippen molar-refractivity contribution >= 4 is 58.6 Å². The van der Waals surface area contributed by atoms with Gasteiger partial charge in [0.15, 0.2) is 5.82 Å². The summed E-state index contributed by atoms with van der Waals surface area (Å²) in [5.41, 5.74) is 9.67. The molecule has 1 saturated heterocycles. The minimum Gasteiger partial charge on any atom is -0.397 e. The number of nitrogen functional groups attached to an aromatic ring is 1. The maximum absolute atomic E-state index is 12.7. The zero-order valence-corrected chi connectivity index (χ0v) is 22.3. The Balaban J connectivity index is 1.50. The minimum atomic E-state index is -2.49. The van der Waals surface area contributed by atoms with Crippen LogP contribution in [0.15, 0.2) is 48.7 Å². The third kappa shape index (κ3) is 6.07. The van der Waals surface area contributed by atoms with E-state index in [4.69, 9.17) is 17.3 Å². The summed E-state index contributed by atoms with van der Waals surface area (Å²) in [4.78, 5) is 13.5. The first kappa shape index (κ1) is 25.3. The number of hydrogen-bond acceptors (Lipinski definition) is 8. The van der Waals surface area contributed by atoms with Crippen LogP contribution in [0.1, 0.15) is 12.8 Å². The monoisotopic (exact) mass is 513 g/mol. The standard InChI is InChI=1S/C25H33ClN7OP/c1-32(2)18-11-13-33(14-12-18)22-10-9-17(15-20(22)27)29-25-28-16-19(26)24(31-25)30-21-7-5-6-8-23(21)35(3,4)34/h5-10,15-16,18H,11-14,27H2,1-4H3,(H2,28,29,30,31). The SMILES string of the molecule is CN(C)C1CCN(c2ccc(Nc3ncc(Cl)c(Nc4ccccc4P(C)(C)=O)n3)cc2N)CC1. The number of anilines is 6. The van der Waals surface area contributed by atoms with Crippen molar-refractivity contribution in [3.8, 4) is 0 Å². The van der Waals surface area contributed by atoms with E-state index in [1.165, 1.54) is 6.20 Å². The number of nitrogens with zero attached hydrogens (tertiary/aromatic N) is 4. The van der Waals surface area contributed by atoms with E-state index < -0.39 is 7.14 Å². The van der Waals surface area contributed by atoms with Crippen molar-refractivity contribution in [3.63, 3.8) is 0 Å². The highest BCUT2D eigenvalue weighted by atomic mass is 35.5. The zero-order chi connectivity index (χ0) is 25.2. The molecule has 0 amide bonds. The molecule has 3 aromatic rings. The number of para-hydroxylation sites is 1. The third-order valence-corrected chi connectivity index (χ3v) is 8.13. The molecule has 0 spiro atoms. The van der Waals surface area contributed by atoms with Crippen LogP contribution in [0.4, 0.5) is 34.5 Å².